The number of carbonyl (C=O) groups excluding carboxylic acids is 1. The lowest BCUT2D eigenvalue weighted by Crippen LogP contribution is -2.22. The SMILES string of the molecule is CCCCC(CC)C(=O)Nc1nnc(SCC(C)C)s1. The molecule has 20 heavy (non-hydrogen) atoms. The van der Waals surface area contributed by atoms with Gasteiger partial charge in [0.2, 0.25) is 11.0 Å². The minimum atomic E-state index is 0.0810. The zero-order valence-electron chi connectivity index (χ0n) is 12.8. The van der Waals surface area contributed by atoms with Gasteiger partial charge >= 0.3 is 0 Å². The molecule has 114 valence electrons. The first kappa shape index (κ1) is 17.4. The van der Waals surface area contributed by atoms with E-state index in [2.05, 4.69) is 43.2 Å². The van der Waals surface area contributed by atoms with Crippen LogP contribution in [0.15, 0.2) is 4.34 Å². The van der Waals surface area contributed by atoms with Gasteiger partial charge in [-0.05, 0) is 18.8 Å². The van der Waals surface area contributed by atoms with E-state index in [9.17, 15) is 4.79 Å². The maximum Gasteiger partial charge on any atom is 0.229 e. The number of unbranched alkanes of at least 4 members (excludes halogenated alkanes) is 1. The van der Waals surface area contributed by atoms with Gasteiger partial charge in [0.05, 0.1) is 0 Å². The lowest BCUT2D eigenvalue weighted by atomic mass is 9.99. The number of hydrogen-bond donors (Lipinski definition) is 1. The number of nitrogens with zero attached hydrogens (tertiary/aromatic N) is 2. The molecule has 0 saturated carbocycles. The van der Waals surface area contributed by atoms with Crippen molar-refractivity contribution in [2.75, 3.05) is 11.1 Å². The van der Waals surface area contributed by atoms with Crippen molar-refractivity contribution >= 4 is 34.1 Å². The highest BCUT2D eigenvalue weighted by Gasteiger charge is 2.17. The summed E-state index contributed by atoms with van der Waals surface area (Å²) in [7, 11) is 0. The molecule has 0 radical (unpaired) electrons. The van der Waals surface area contributed by atoms with Crippen LogP contribution in [-0.4, -0.2) is 21.9 Å². The summed E-state index contributed by atoms with van der Waals surface area (Å²) in [5.74, 6) is 1.82. The van der Waals surface area contributed by atoms with Crippen LogP contribution in [0, 0.1) is 11.8 Å². The van der Waals surface area contributed by atoms with Crippen molar-refractivity contribution in [2.45, 2.75) is 57.7 Å². The highest BCUT2D eigenvalue weighted by molar-refractivity contribution is 8.01. The largest absolute Gasteiger partial charge is 0.300 e. The van der Waals surface area contributed by atoms with E-state index in [1.807, 2.05) is 0 Å². The molecule has 1 aromatic heterocycles. The summed E-state index contributed by atoms with van der Waals surface area (Å²) < 4.78 is 0.926. The van der Waals surface area contributed by atoms with E-state index in [1.54, 1.807) is 11.8 Å². The van der Waals surface area contributed by atoms with E-state index in [0.717, 1.165) is 35.8 Å². The Kier molecular flexibility index (Phi) is 8.14. The molecule has 1 amide bonds. The Labute approximate surface area is 130 Å². The van der Waals surface area contributed by atoms with Gasteiger partial charge in [-0.1, -0.05) is 63.6 Å². The molecule has 0 aromatic carbocycles. The highest BCUT2D eigenvalue weighted by Crippen LogP contribution is 2.27. The van der Waals surface area contributed by atoms with E-state index < -0.39 is 0 Å². The lowest BCUT2D eigenvalue weighted by Gasteiger charge is -2.12. The second kappa shape index (κ2) is 9.34. The van der Waals surface area contributed by atoms with Crippen LogP contribution in [0.2, 0.25) is 0 Å². The minimum absolute atomic E-state index is 0.0810. The van der Waals surface area contributed by atoms with Crippen LogP contribution >= 0.6 is 23.1 Å². The summed E-state index contributed by atoms with van der Waals surface area (Å²) in [4.78, 5) is 12.1. The predicted octanol–water partition coefficient (Wildman–Crippen LogP) is 4.44. The van der Waals surface area contributed by atoms with Gasteiger partial charge in [0, 0.05) is 11.7 Å². The third-order valence-electron chi connectivity index (χ3n) is 2.95. The molecule has 0 spiro atoms. The highest BCUT2D eigenvalue weighted by atomic mass is 32.2. The Hall–Kier alpha value is -0.620. The quantitative estimate of drug-likeness (QED) is 0.540. The number of aromatic nitrogens is 2. The monoisotopic (exact) mass is 315 g/mol. The van der Waals surface area contributed by atoms with Gasteiger partial charge in [-0.25, -0.2) is 0 Å². The number of nitrogens with one attached hydrogen (secondary N) is 1. The van der Waals surface area contributed by atoms with Gasteiger partial charge in [0.15, 0.2) is 4.34 Å². The van der Waals surface area contributed by atoms with Gasteiger partial charge in [-0.15, -0.1) is 10.2 Å². The van der Waals surface area contributed by atoms with Crippen molar-refractivity contribution in [1.82, 2.24) is 10.2 Å². The maximum atomic E-state index is 12.1. The van der Waals surface area contributed by atoms with E-state index in [4.69, 9.17) is 0 Å². The molecule has 0 saturated heterocycles. The Bertz CT molecular complexity index is 407. The molecule has 0 bridgehead atoms. The van der Waals surface area contributed by atoms with Gasteiger partial charge in [-0.3, -0.25) is 4.79 Å². The number of hydrogen-bond acceptors (Lipinski definition) is 5. The Morgan fingerprint density at radius 2 is 2.10 bits per heavy atom. The van der Waals surface area contributed by atoms with E-state index in [0.29, 0.717) is 11.0 Å². The normalized spacial score (nSPS) is 12.7. The summed E-state index contributed by atoms with van der Waals surface area (Å²) >= 11 is 3.16. The number of carbonyl (C=O) groups is 1. The van der Waals surface area contributed by atoms with Crippen molar-refractivity contribution in [3.63, 3.8) is 0 Å². The molecule has 0 aliphatic carbocycles. The maximum absolute atomic E-state index is 12.1. The second-order valence-electron chi connectivity index (χ2n) is 5.31. The smallest absolute Gasteiger partial charge is 0.229 e. The first-order valence-electron chi connectivity index (χ1n) is 7.33. The second-order valence-corrected chi connectivity index (χ2v) is 7.56. The van der Waals surface area contributed by atoms with Crippen molar-refractivity contribution in [2.24, 2.45) is 11.8 Å². The van der Waals surface area contributed by atoms with Gasteiger partial charge < -0.3 is 5.32 Å². The zero-order valence-corrected chi connectivity index (χ0v) is 14.4. The molecule has 1 rings (SSSR count). The molecule has 0 aliphatic rings. The van der Waals surface area contributed by atoms with Crippen molar-refractivity contribution in [3.8, 4) is 0 Å². The fourth-order valence-corrected chi connectivity index (χ4v) is 3.47. The fraction of sp³-hybridized carbons (Fsp3) is 0.786. The summed E-state index contributed by atoms with van der Waals surface area (Å²) in [5, 5.41) is 11.7. The van der Waals surface area contributed by atoms with Gasteiger partial charge in [0.25, 0.3) is 0 Å². The first-order valence-corrected chi connectivity index (χ1v) is 9.14. The first-order chi connectivity index (χ1) is 9.56. The number of thioether (sulfide) groups is 1. The fourth-order valence-electron chi connectivity index (χ4n) is 1.74. The summed E-state index contributed by atoms with van der Waals surface area (Å²) in [6, 6.07) is 0. The molecule has 1 heterocycles. The zero-order chi connectivity index (χ0) is 15.0. The topological polar surface area (TPSA) is 54.9 Å². The predicted molar refractivity (Wildman–Crippen MR) is 87.4 cm³/mol. The third kappa shape index (κ3) is 6.22. The molecule has 1 aromatic rings. The van der Waals surface area contributed by atoms with Crippen LogP contribution in [0.25, 0.3) is 0 Å². The van der Waals surface area contributed by atoms with Crippen LogP contribution in [0.1, 0.15) is 53.4 Å². The lowest BCUT2D eigenvalue weighted by molar-refractivity contribution is -0.120. The average Bonchev–Trinajstić information content (AvgIpc) is 2.85. The summed E-state index contributed by atoms with van der Waals surface area (Å²) in [6.07, 6.45) is 4.04. The van der Waals surface area contributed by atoms with Crippen molar-refractivity contribution in [1.29, 1.82) is 0 Å². The molecule has 0 aliphatic heterocycles. The molecule has 1 N–H and O–H groups in total. The van der Waals surface area contributed by atoms with Crippen molar-refractivity contribution < 1.29 is 4.79 Å². The molecular weight excluding hydrogens is 290 g/mol. The van der Waals surface area contributed by atoms with Crippen LogP contribution in [0.4, 0.5) is 5.13 Å². The number of amides is 1. The molecule has 1 unspecified atom stereocenters. The van der Waals surface area contributed by atoms with E-state index in [1.165, 1.54) is 11.3 Å². The van der Waals surface area contributed by atoms with Gasteiger partial charge in [0.1, 0.15) is 0 Å². The van der Waals surface area contributed by atoms with Crippen LogP contribution < -0.4 is 5.32 Å². The Morgan fingerprint density at radius 1 is 1.35 bits per heavy atom. The summed E-state index contributed by atoms with van der Waals surface area (Å²) in [5.41, 5.74) is 0. The molecule has 0 fully saturated rings. The van der Waals surface area contributed by atoms with E-state index >= 15 is 0 Å². The van der Waals surface area contributed by atoms with Crippen LogP contribution in [0.3, 0.4) is 0 Å². The minimum Gasteiger partial charge on any atom is -0.300 e. The Morgan fingerprint density at radius 3 is 2.70 bits per heavy atom. The molecule has 1 atom stereocenters. The molecule has 4 nitrogen and oxygen atoms in total. The number of anilines is 1. The third-order valence-corrected chi connectivity index (χ3v) is 5.35. The van der Waals surface area contributed by atoms with Crippen LogP contribution in [-0.2, 0) is 4.79 Å². The average molecular weight is 316 g/mol. The van der Waals surface area contributed by atoms with Crippen LogP contribution in [0.5, 0.6) is 0 Å². The standard InChI is InChI=1S/C14H25N3OS2/c1-5-7-8-11(6-2)12(18)15-13-16-17-14(20-13)19-9-10(3)4/h10-11H,5-9H2,1-4H3,(H,15,16,18). The summed E-state index contributed by atoms with van der Waals surface area (Å²) in [6.45, 7) is 8.56. The van der Waals surface area contributed by atoms with Crippen molar-refractivity contribution in [3.05, 3.63) is 0 Å². The number of rotatable bonds is 9. The van der Waals surface area contributed by atoms with E-state index in [-0.39, 0.29) is 11.8 Å². The van der Waals surface area contributed by atoms with Gasteiger partial charge in [-0.2, -0.15) is 0 Å². The Balaban J connectivity index is 2.48. The molecular formula is C14H25N3OS2. The molecule has 6 heteroatoms.